The van der Waals surface area contributed by atoms with E-state index in [0.717, 1.165) is 11.8 Å². The summed E-state index contributed by atoms with van der Waals surface area (Å²) in [6, 6.07) is 8.92. The van der Waals surface area contributed by atoms with Crippen LogP contribution in [0.15, 0.2) is 39.6 Å². The van der Waals surface area contributed by atoms with Gasteiger partial charge in [-0.1, -0.05) is 44.1 Å². The average molecular weight is 368 g/mol. The second-order valence-corrected chi connectivity index (χ2v) is 6.99. The van der Waals surface area contributed by atoms with E-state index in [1.807, 2.05) is 52.0 Å². The number of aromatic nitrogens is 3. The first-order chi connectivity index (χ1) is 12.9. The molecular formula is C20H24N4O3. The van der Waals surface area contributed by atoms with Crippen LogP contribution >= 0.6 is 0 Å². The molecule has 0 radical (unpaired) electrons. The van der Waals surface area contributed by atoms with Crippen LogP contribution in [0.4, 0.5) is 0 Å². The van der Waals surface area contributed by atoms with E-state index in [0.29, 0.717) is 22.8 Å². The summed E-state index contributed by atoms with van der Waals surface area (Å²) in [5, 5.41) is 7.66. The van der Waals surface area contributed by atoms with Gasteiger partial charge in [0.1, 0.15) is 6.54 Å². The van der Waals surface area contributed by atoms with Gasteiger partial charge in [0.2, 0.25) is 5.91 Å². The normalized spacial score (nSPS) is 12.5. The summed E-state index contributed by atoms with van der Waals surface area (Å²) in [4.78, 5) is 29.5. The Kier molecular flexibility index (Phi) is 5.39. The number of nitrogens with one attached hydrogen (secondary N) is 1. The number of pyridine rings is 1. The molecule has 3 aromatic rings. The van der Waals surface area contributed by atoms with Gasteiger partial charge in [0.15, 0.2) is 5.82 Å². The number of amides is 1. The van der Waals surface area contributed by atoms with Crippen LogP contribution in [0.25, 0.3) is 22.4 Å². The fourth-order valence-corrected chi connectivity index (χ4v) is 2.82. The van der Waals surface area contributed by atoms with Crippen molar-refractivity contribution in [3.8, 4) is 11.5 Å². The van der Waals surface area contributed by atoms with Crippen LogP contribution in [-0.4, -0.2) is 26.7 Å². The number of para-hydroxylation sites is 1. The van der Waals surface area contributed by atoms with E-state index in [1.165, 1.54) is 10.6 Å². The van der Waals surface area contributed by atoms with E-state index in [2.05, 4.69) is 15.5 Å². The van der Waals surface area contributed by atoms with Crippen molar-refractivity contribution in [1.82, 2.24) is 20.0 Å². The summed E-state index contributed by atoms with van der Waals surface area (Å²) in [6.07, 6.45) is 0.829. The second kappa shape index (κ2) is 7.73. The van der Waals surface area contributed by atoms with E-state index in [4.69, 9.17) is 4.52 Å². The van der Waals surface area contributed by atoms with Crippen molar-refractivity contribution in [2.24, 2.45) is 0 Å². The Bertz CT molecular complexity index is 1020. The molecule has 0 aliphatic heterocycles. The minimum Gasteiger partial charge on any atom is -0.352 e. The van der Waals surface area contributed by atoms with E-state index >= 15 is 0 Å². The molecule has 142 valence electrons. The zero-order chi connectivity index (χ0) is 19.6. The Morgan fingerprint density at radius 3 is 2.67 bits per heavy atom. The minimum atomic E-state index is -0.285. The van der Waals surface area contributed by atoms with Crippen LogP contribution in [0, 0.1) is 0 Å². The number of nitrogens with zero attached hydrogens (tertiary/aromatic N) is 3. The molecule has 0 saturated carbocycles. The van der Waals surface area contributed by atoms with E-state index in [9.17, 15) is 9.59 Å². The van der Waals surface area contributed by atoms with E-state index in [-0.39, 0.29) is 30.0 Å². The molecule has 0 aliphatic carbocycles. The van der Waals surface area contributed by atoms with Crippen LogP contribution in [0.5, 0.6) is 0 Å². The van der Waals surface area contributed by atoms with Crippen LogP contribution in [-0.2, 0) is 11.3 Å². The summed E-state index contributed by atoms with van der Waals surface area (Å²) in [6.45, 7) is 7.84. The van der Waals surface area contributed by atoms with Crippen molar-refractivity contribution in [3.63, 3.8) is 0 Å². The highest BCUT2D eigenvalue weighted by Crippen LogP contribution is 2.27. The highest BCUT2D eigenvalue weighted by Gasteiger charge is 2.18. The smallest absolute Gasteiger partial charge is 0.258 e. The molecule has 7 heteroatoms. The molecule has 2 heterocycles. The average Bonchev–Trinajstić information content (AvgIpc) is 3.14. The zero-order valence-electron chi connectivity index (χ0n) is 16.0. The van der Waals surface area contributed by atoms with Gasteiger partial charge in [0.25, 0.3) is 11.4 Å². The predicted molar refractivity (Wildman–Crippen MR) is 103 cm³/mol. The van der Waals surface area contributed by atoms with Crippen molar-refractivity contribution >= 4 is 16.8 Å². The maximum absolute atomic E-state index is 12.8. The van der Waals surface area contributed by atoms with Gasteiger partial charge in [-0.25, -0.2) is 0 Å². The molecule has 27 heavy (non-hydrogen) atoms. The lowest BCUT2D eigenvalue weighted by atomic mass is 10.1. The van der Waals surface area contributed by atoms with Gasteiger partial charge in [-0.3, -0.25) is 14.2 Å². The molecule has 3 rings (SSSR count). The van der Waals surface area contributed by atoms with Crippen molar-refractivity contribution in [1.29, 1.82) is 0 Å². The maximum atomic E-state index is 12.8. The first kappa shape index (κ1) is 18.8. The summed E-state index contributed by atoms with van der Waals surface area (Å²) < 4.78 is 6.84. The van der Waals surface area contributed by atoms with Crippen LogP contribution < -0.4 is 10.9 Å². The van der Waals surface area contributed by atoms with Crippen LogP contribution in [0.1, 0.15) is 45.9 Å². The maximum Gasteiger partial charge on any atom is 0.258 e. The highest BCUT2D eigenvalue weighted by molar-refractivity contribution is 5.93. The Morgan fingerprint density at radius 2 is 2.00 bits per heavy atom. The third-order valence-corrected chi connectivity index (χ3v) is 4.53. The Labute approximate surface area is 157 Å². The number of fused-ring (bicyclic) bond motifs is 1. The summed E-state index contributed by atoms with van der Waals surface area (Å²) in [5.74, 6) is 0.831. The highest BCUT2D eigenvalue weighted by atomic mass is 16.5. The third kappa shape index (κ3) is 3.92. The topological polar surface area (TPSA) is 90.0 Å². The van der Waals surface area contributed by atoms with Gasteiger partial charge in [-0.15, -0.1) is 0 Å². The number of carbonyl (C=O) groups is 1. The molecule has 0 bridgehead atoms. The molecule has 1 amide bonds. The molecular weight excluding hydrogens is 344 g/mol. The van der Waals surface area contributed by atoms with Crippen molar-refractivity contribution < 1.29 is 9.32 Å². The number of carbonyl (C=O) groups excluding carboxylic acids is 1. The molecule has 1 atom stereocenters. The lowest BCUT2D eigenvalue weighted by Crippen LogP contribution is -2.37. The molecule has 2 aromatic heterocycles. The number of benzene rings is 1. The minimum absolute atomic E-state index is 0.0367. The Morgan fingerprint density at radius 1 is 1.26 bits per heavy atom. The number of rotatable bonds is 6. The molecule has 7 nitrogen and oxygen atoms in total. The van der Waals surface area contributed by atoms with Gasteiger partial charge in [0.05, 0.1) is 11.1 Å². The van der Waals surface area contributed by atoms with Gasteiger partial charge in [-0.2, -0.15) is 4.98 Å². The fraction of sp³-hybridized carbons (Fsp3) is 0.400. The van der Waals surface area contributed by atoms with Crippen LogP contribution in [0.3, 0.4) is 0 Å². The molecule has 0 fully saturated rings. The van der Waals surface area contributed by atoms with E-state index < -0.39 is 0 Å². The first-order valence-electron chi connectivity index (χ1n) is 9.16. The van der Waals surface area contributed by atoms with Gasteiger partial charge in [0, 0.05) is 23.4 Å². The summed E-state index contributed by atoms with van der Waals surface area (Å²) in [7, 11) is 0. The monoisotopic (exact) mass is 368 g/mol. The molecule has 0 aliphatic rings. The molecule has 1 unspecified atom stereocenters. The van der Waals surface area contributed by atoms with Crippen LogP contribution in [0.2, 0.25) is 0 Å². The lowest BCUT2D eigenvalue weighted by molar-refractivity contribution is -0.122. The number of hydrogen-bond donors (Lipinski definition) is 1. The van der Waals surface area contributed by atoms with Gasteiger partial charge >= 0.3 is 0 Å². The molecule has 1 N–H and O–H groups in total. The SMILES string of the molecule is CCC(C)NC(=O)Cn1c(=O)cc(-c2nc(C(C)C)no2)c2ccccc21. The second-order valence-electron chi connectivity index (χ2n) is 6.99. The van der Waals surface area contributed by atoms with Gasteiger partial charge in [-0.05, 0) is 19.4 Å². The first-order valence-corrected chi connectivity index (χ1v) is 9.16. The zero-order valence-corrected chi connectivity index (χ0v) is 16.0. The largest absolute Gasteiger partial charge is 0.352 e. The van der Waals surface area contributed by atoms with Crippen molar-refractivity contribution in [2.45, 2.75) is 52.6 Å². The van der Waals surface area contributed by atoms with Crippen molar-refractivity contribution in [3.05, 3.63) is 46.5 Å². The molecule has 0 spiro atoms. The van der Waals surface area contributed by atoms with E-state index in [1.54, 1.807) is 0 Å². The fourth-order valence-electron chi connectivity index (χ4n) is 2.82. The summed E-state index contributed by atoms with van der Waals surface area (Å²) in [5.41, 5.74) is 0.949. The quantitative estimate of drug-likeness (QED) is 0.722. The number of hydrogen-bond acceptors (Lipinski definition) is 5. The predicted octanol–water partition coefficient (Wildman–Crippen LogP) is 3.09. The third-order valence-electron chi connectivity index (χ3n) is 4.53. The Balaban J connectivity index is 2.07. The molecule has 1 aromatic carbocycles. The molecule has 0 saturated heterocycles. The van der Waals surface area contributed by atoms with Gasteiger partial charge < -0.3 is 9.84 Å². The standard InChI is InChI=1S/C20H24N4O3/c1-5-13(4)21-17(25)11-24-16-9-7-6-8-14(16)15(10-18(24)26)20-22-19(12(2)3)23-27-20/h6-10,12-13H,5,11H2,1-4H3,(H,21,25). The lowest BCUT2D eigenvalue weighted by Gasteiger charge is -2.14. The Hall–Kier alpha value is -2.96. The summed E-state index contributed by atoms with van der Waals surface area (Å²) >= 11 is 0. The van der Waals surface area contributed by atoms with Crippen molar-refractivity contribution in [2.75, 3.05) is 0 Å².